The van der Waals surface area contributed by atoms with Crippen molar-refractivity contribution < 1.29 is 4.74 Å². The lowest BCUT2D eigenvalue weighted by Crippen LogP contribution is -2.18. The summed E-state index contributed by atoms with van der Waals surface area (Å²) in [6.45, 7) is 5.42. The van der Waals surface area contributed by atoms with Crippen LogP contribution < -0.4 is 0 Å². The molecule has 1 aliphatic rings. The lowest BCUT2D eigenvalue weighted by atomic mass is 9.99. The van der Waals surface area contributed by atoms with Gasteiger partial charge in [0.05, 0.1) is 6.10 Å². The number of hydrogen-bond acceptors (Lipinski definition) is 2. The Bertz CT molecular complexity index is 116. The molecule has 3 unspecified atom stereocenters. The number of rotatable bonds is 3. The van der Waals surface area contributed by atoms with Crippen LogP contribution >= 0.6 is 12.6 Å². The molecule has 66 valence electrons. The van der Waals surface area contributed by atoms with Crippen molar-refractivity contribution in [1.29, 1.82) is 0 Å². The smallest absolute Gasteiger partial charge is 0.0694 e. The van der Waals surface area contributed by atoms with Gasteiger partial charge >= 0.3 is 0 Å². The molecule has 1 rings (SSSR count). The molecule has 0 radical (unpaired) electrons. The quantitative estimate of drug-likeness (QED) is 0.647. The van der Waals surface area contributed by atoms with E-state index in [1.807, 2.05) is 0 Å². The molecule has 0 aromatic carbocycles. The maximum absolute atomic E-state index is 5.56. The molecule has 0 aromatic heterocycles. The lowest BCUT2D eigenvalue weighted by molar-refractivity contribution is 0.0935. The fraction of sp³-hybridized carbons (Fsp3) is 1.00. The second-order valence-electron chi connectivity index (χ2n) is 3.51. The molecular formula is C9H18OS. The first-order chi connectivity index (χ1) is 5.24. The van der Waals surface area contributed by atoms with Gasteiger partial charge in [-0.3, -0.25) is 0 Å². The van der Waals surface area contributed by atoms with E-state index in [1.54, 1.807) is 0 Å². The topological polar surface area (TPSA) is 9.23 Å². The number of hydrogen-bond donors (Lipinski definition) is 1. The van der Waals surface area contributed by atoms with Crippen LogP contribution in [0.25, 0.3) is 0 Å². The second kappa shape index (κ2) is 4.36. The summed E-state index contributed by atoms with van der Waals surface area (Å²) in [7, 11) is 0. The zero-order chi connectivity index (χ0) is 8.27. The summed E-state index contributed by atoms with van der Waals surface area (Å²) in [6, 6.07) is 0. The van der Waals surface area contributed by atoms with E-state index < -0.39 is 0 Å². The first-order valence-corrected chi connectivity index (χ1v) is 5.05. The van der Waals surface area contributed by atoms with Gasteiger partial charge in [0, 0.05) is 11.9 Å². The van der Waals surface area contributed by atoms with Crippen LogP contribution in [0.1, 0.15) is 33.1 Å². The van der Waals surface area contributed by atoms with E-state index in [4.69, 9.17) is 4.74 Å². The largest absolute Gasteiger partial charge is 0.377 e. The van der Waals surface area contributed by atoms with E-state index in [2.05, 4.69) is 26.5 Å². The Balaban J connectivity index is 2.24. The summed E-state index contributed by atoms with van der Waals surface area (Å²) < 4.78 is 5.56. The Morgan fingerprint density at radius 2 is 2.36 bits per heavy atom. The van der Waals surface area contributed by atoms with Crippen LogP contribution in [-0.2, 0) is 4.74 Å². The third-order valence-electron chi connectivity index (χ3n) is 2.51. The highest BCUT2D eigenvalue weighted by Crippen LogP contribution is 2.25. The van der Waals surface area contributed by atoms with E-state index in [1.165, 1.54) is 12.8 Å². The zero-order valence-corrected chi connectivity index (χ0v) is 8.31. The molecule has 0 amide bonds. The fourth-order valence-corrected chi connectivity index (χ4v) is 1.74. The van der Waals surface area contributed by atoms with E-state index in [0.717, 1.165) is 18.9 Å². The predicted molar refractivity (Wildman–Crippen MR) is 51.2 cm³/mol. The summed E-state index contributed by atoms with van der Waals surface area (Å²) in [6.07, 6.45) is 3.99. The lowest BCUT2D eigenvalue weighted by Gasteiger charge is -2.17. The van der Waals surface area contributed by atoms with Crippen LogP contribution in [0.4, 0.5) is 0 Å². The maximum atomic E-state index is 5.56. The van der Waals surface area contributed by atoms with Crippen molar-refractivity contribution in [3.05, 3.63) is 0 Å². The molecule has 1 aliphatic heterocycles. The van der Waals surface area contributed by atoms with Gasteiger partial charge in [-0.2, -0.15) is 12.6 Å². The van der Waals surface area contributed by atoms with Crippen molar-refractivity contribution in [3.63, 3.8) is 0 Å². The molecule has 1 nitrogen and oxygen atoms in total. The van der Waals surface area contributed by atoms with Crippen molar-refractivity contribution in [2.45, 2.75) is 44.5 Å². The summed E-state index contributed by atoms with van der Waals surface area (Å²) in [5.74, 6) is 0.785. The van der Waals surface area contributed by atoms with Crippen LogP contribution in [0.2, 0.25) is 0 Å². The Morgan fingerprint density at radius 3 is 2.82 bits per heavy atom. The molecule has 0 bridgehead atoms. The van der Waals surface area contributed by atoms with Crippen LogP contribution in [-0.4, -0.2) is 18.0 Å². The number of thiol groups is 1. The van der Waals surface area contributed by atoms with Crippen molar-refractivity contribution in [1.82, 2.24) is 0 Å². The van der Waals surface area contributed by atoms with Crippen LogP contribution in [0.15, 0.2) is 0 Å². The van der Waals surface area contributed by atoms with Gasteiger partial charge in [-0.1, -0.05) is 20.3 Å². The monoisotopic (exact) mass is 174 g/mol. The summed E-state index contributed by atoms with van der Waals surface area (Å²) in [5, 5.41) is 0.490. The Kier molecular flexibility index (Phi) is 3.73. The highest BCUT2D eigenvalue weighted by atomic mass is 32.1. The molecule has 1 heterocycles. The minimum absolute atomic E-state index is 0.424. The van der Waals surface area contributed by atoms with E-state index in [-0.39, 0.29) is 0 Å². The van der Waals surface area contributed by atoms with Crippen LogP contribution in [0.3, 0.4) is 0 Å². The van der Waals surface area contributed by atoms with Crippen molar-refractivity contribution >= 4 is 12.6 Å². The molecular weight excluding hydrogens is 156 g/mol. The fourth-order valence-electron chi connectivity index (χ4n) is 1.43. The average Bonchev–Trinajstić information content (AvgIpc) is 2.37. The van der Waals surface area contributed by atoms with Gasteiger partial charge in [-0.25, -0.2) is 0 Å². The van der Waals surface area contributed by atoms with Gasteiger partial charge in [0.25, 0.3) is 0 Å². The maximum Gasteiger partial charge on any atom is 0.0694 e. The first-order valence-electron chi connectivity index (χ1n) is 4.53. The minimum Gasteiger partial charge on any atom is -0.377 e. The SMILES string of the molecule is CCC(C)CC1OCCC1S. The first kappa shape index (κ1) is 9.40. The highest BCUT2D eigenvalue weighted by molar-refractivity contribution is 7.81. The highest BCUT2D eigenvalue weighted by Gasteiger charge is 2.25. The molecule has 3 atom stereocenters. The van der Waals surface area contributed by atoms with Gasteiger partial charge in [0.2, 0.25) is 0 Å². The van der Waals surface area contributed by atoms with Gasteiger partial charge < -0.3 is 4.74 Å². The Hall–Kier alpha value is 0.310. The molecule has 2 heteroatoms. The Morgan fingerprint density at radius 1 is 1.64 bits per heavy atom. The zero-order valence-electron chi connectivity index (χ0n) is 7.42. The molecule has 0 spiro atoms. The van der Waals surface area contributed by atoms with Gasteiger partial charge in [-0.15, -0.1) is 0 Å². The molecule has 1 saturated heterocycles. The van der Waals surface area contributed by atoms with Crippen molar-refractivity contribution in [3.8, 4) is 0 Å². The Labute approximate surface area is 74.9 Å². The molecule has 0 N–H and O–H groups in total. The van der Waals surface area contributed by atoms with E-state index in [0.29, 0.717) is 11.4 Å². The molecule has 1 fully saturated rings. The van der Waals surface area contributed by atoms with Gasteiger partial charge in [0.15, 0.2) is 0 Å². The van der Waals surface area contributed by atoms with Crippen molar-refractivity contribution in [2.24, 2.45) is 5.92 Å². The van der Waals surface area contributed by atoms with Crippen LogP contribution in [0, 0.1) is 5.92 Å². The molecule has 0 aromatic rings. The van der Waals surface area contributed by atoms with Crippen LogP contribution in [0.5, 0.6) is 0 Å². The standard InChI is InChI=1S/C9H18OS/c1-3-7(2)6-8-9(11)4-5-10-8/h7-9,11H,3-6H2,1-2H3. The minimum atomic E-state index is 0.424. The summed E-state index contributed by atoms with van der Waals surface area (Å²) >= 11 is 4.48. The van der Waals surface area contributed by atoms with Crippen molar-refractivity contribution in [2.75, 3.05) is 6.61 Å². The van der Waals surface area contributed by atoms with Gasteiger partial charge in [0.1, 0.15) is 0 Å². The normalized spacial score (nSPS) is 34.1. The predicted octanol–water partition coefficient (Wildman–Crippen LogP) is 2.51. The molecule has 0 aliphatic carbocycles. The van der Waals surface area contributed by atoms with E-state index in [9.17, 15) is 0 Å². The molecule has 11 heavy (non-hydrogen) atoms. The summed E-state index contributed by atoms with van der Waals surface area (Å²) in [4.78, 5) is 0. The number of ether oxygens (including phenoxy) is 1. The summed E-state index contributed by atoms with van der Waals surface area (Å²) in [5.41, 5.74) is 0. The third-order valence-corrected chi connectivity index (χ3v) is 3.10. The molecule has 0 saturated carbocycles. The average molecular weight is 174 g/mol. The van der Waals surface area contributed by atoms with E-state index >= 15 is 0 Å². The second-order valence-corrected chi connectivity index (χ2v) is 4.18. The third kappa shape index (κ3) is 2.68. The van der Waals surface area contributed by atoms with Gasteiger partial charge in [-0.05, 0) is 18.8 Å².